The maximum Gasteiger partial charge on any atom is 0.416 e. The SMILES string of the molecule is COc1cc(C=C2SC(N(C)Cc3ccc4ncccc4c3)=NC2=O)ccc1OCc1ccc(C(F)(F)F)cc1C(F)(F)F. The molecule has 0 bridgehead atoms. The average molecular weight is 632 g/mol. The van der Waals surface area contributed by atoms with Crippen LogP contribution in [0.4, 0.5) is 26.3 Å². The van der Waals surface area contributed by atoms with E-state index in [1.165, 1.54) is 31.0 Å². The first-order chi connectivity index (χ1) is 20.8. The fourth-order valence-electron chi connectivity index (χ4n) is 4.47. The molecule has 1 aliphatic rings. The lowest BCUT2D eigenvalue weighted by molar-refractivity contribution is -0.143. The van der Waals surface area contributed by atoms with E-state index in [9.17, 15) is 31.1 Å². The van der Waals surface area contributed by atoms with Gasteiger partial charge in [0.2, 0.25) is 0 Å². The van der Waals surface area contributed by atoms with Gasteiger partial charge in [-0.25, -0.2) is 0 Å². The van der Waals surface area contributed by atoms with Crippen LogP contribution in [0.15, 0.2) is 82.8 Å². The Morgan fingerprint density at radius 2 is 1.73 bits per heavy atom. The molecule has 2 heterocycles. The molecule has 228 valence electrons. The number of hydrogen-bond acceptors (Lipinski definition) is 6. The van der Waals surface area contributed by atoms with Crippen LogP contribution >= 0.6 is 11.8 Å². The zero-order chi connectivity index (χ0) is 31.6. The third-order valence-electron chi connectivity index (χ3n) is 6.63. The summed E-state index contributed by atoms with van der Waals surface area (Å²) in [4.78, 5) is 23.4. The molecule has 1 aromatic heterocycles. The van der Waals surface area contributed by atoms with E-state index in [0.29, 0.717) is 28.2 Å². The first-order valence-electron chi connectivity index (χ1n) is 13.0. The van der Waals surface area contributed by atoms with E-state index in [1.54, 1.807) is 18.3 Å². The topological polar surface area (TPSA) is 64.0 Å². The van der Waals surface area contributed by atoms with Gasteiger partial charge in [0.05, 0.1) is 28.7 Å². The maximum atomic E-state index is 13.5. The Hall–Kier alpha value is -4.52. The van der Waals surface area contributed by atoms with Gasteiger partial charge in [0.25, 0.3) is 5.91 Å². The molecule has 0 spiro atoms. The molecule has 44 heavy (non-hydrogen) atoms. The van der Waals surface area contributed by atoms with Crippen LogP contribution in [-0.2, 0) is 30.3 Å². The summed E-state index contributed by atoms with van der Waals surface area (Å²) in [5.74, 6) is -0.213. The van der Waals surface area contributed by atoms with Gasteiger partial charge in [-0.05, 0) is 71.4 Å². The second-order valence-corrected chi connectivity index (χ2v) is 10.8. The number of methoxy groups -OCH3 is 1. The summed E-state index contributed by atoms with van der Waals surface area (Å²) in [6, 6.07) is 15.7. The lowest BCUT2D eigenvalue weighted by Crippen LogP contribution is -2.22. The summed E-state index contributed by atoms with van der Waals surface area (Å²) in [5.41, 5.74) is -0.891. The molecular weight excluding hydrogens is 608 g/mol. The summed E-state index contributed by atoms with van der Waals surface area (Å²) in [6.45, 7) is -0.151. The van der Waals surface area contributed by atoms with Crippen molar-refractivity contribution in [1.29, 1.82) is 0 Å². The van der Waals surface area contributed by atoms with Gasteiger partial charge in [-0.1, -0.05) is 24.3 Å². The number of aromatic nitrogens is 1. The Morgan fingerprint density at radius 1 is 0.932 bits per heavy atom. The minimum atomic E-state index is -5.02. The third-order valence-corrected chi connectivity index (χ3v) is 7.73. The van der Waals surface area contributed by atoms with Crippen LogP contribution in [0.5, 0.6) is 11.5 Å². The maximum absolute atomic E-state index is 13.5. The van der Waals surface area contributed by atoms with Crippen molar-refractivity contribution < 1.29 is 40.6 Å². The number of hydrogen-bond donors (Lipinski definition) is 0. The molecule has 1 aliphatic heterocycles. The predicted octanol–water partition coefficient (Wildman–Crippen LogP) is 7.96. The number of benzene rings is 3. The molecule has 5 rings (SSSR count). The summed E-state index contributed by atoms with van der Waals surface area (Å²) < 4.78 is 90.3. The monoisotopic (exact) mass is 631 g/mol. The molecule has 0 aliphatic carbocycles. The smallest absolute Gasteiger partial charge is 0.416 e. The third kappa shape index (κ3) is 6.99. The van der Waals surface area contributed by atoms with Crippen LogP contribution in [0.25, 0.3) is 17.0 Å². The highest BCUT2D eigenvalue weighted by molar-refractivity contribution is 8.18. The molecule has 0 N–H and O–H groups in total. The van der Waals surface area contributed by atoms with Crippen molar-refractivity contribution in [2.45, 2.75) is 25.5 Å². The van der Waals surface area contributed by atoms with E-state index in [1.807, 2.05) is 42.3 Å². The first kappa shape index (κ1) is 30.9. The molecule has 0 unspecified atom stereocenters. The average Bonchev–Trinajstić information content (AvgIpc) is 3.35. The zero-order valence-corrected chi connectivity index (χ0v) is 24.0. The van der Waals surface area contributed by atoms with Crippen molar-refractivity contribution in [3.05, 3.63) is 106 Å². The van der Waals surface area contributed by atoms with Gasteiger partial charge in [-0.2, -0.15) is 31.3 Å². The Morgan fingerprint density at radius 3 is 2.45 bits per heavy atom. The highest BCUT2D eigenvalue weighted by atomic mass is 32.2. The van der Waals surface area contributed by atoms with E-state index in [2.05, 4.69) is 9.98 Å². The van der Waals surface area contributed by atoms with Crippen LogP contribution in [-0.4, -0.2) is 35.1 Å². The molecule has 3 aromatic carbocycles. The van der Waals surface area contributed by atoms with Crippen molar-refractivity contribution in [2.75, 3.05) is 14.2 Å². The molecule has 13 heteroatoms. The van der Waals surface area contributed by atoms with Crippen LogP contribution < -0.4 is 9.47 Å². The molecule has 0 fully saturated rings. The van der Waals surface area contributed by atoms with E-state index in [-0.39, 0.29) is 17.6 Å². The number of carbonyl (C=O) groups excluding carboxylic acids is 1. The van der Waals surface area contributed by atoms with Crippen LogP contribution in [0.1, 0.15) is 27.8 Å². The van der Waals surface area contributed by atoms with Gasteiger partial charge in [0.1, 0.15) is 6.61 Å². The van der Waals surface area contributed by atoms with E-state index in [4.69, 9.17) is 9.47 Å². The van der Waals surface area contributed by atoms with Crippen molar-refractivity contribution >= 4 is 39.8 Å². The standard InChI is InChI=1S/C31H23F6N3O3S/c1-40(16-19-5-9-24-20(12-19)4-3-11-38-24)29-39-28(41)27(44-29)14-18-6-10-25(26(13-18)42-2)43-17-21-7-8-22(30(32,33)34)15-23(21)31(35,36)37/h3-15H,16-17H2,1-2H3. The number of alkyl halides is 6. The number of amides is 1. The number of pyridine rings is 1. The van der Waals surface area contributed by atoms with Crippen LogP contribution in [0.3, 0.4) is 0 Å². The Bertz CT molecular complexity index is 1790. The number of aliphatic imine (C=N–C) groups is 1. The normalized spacial score (nSPS) is 14.7. The second kappa shape index (κ2) is 12.2. The predicted molar refractivity (Wildman–Crippen MR) is 155 cm³/mol. The number of amidine groups is 1. The Labute approximate surface area is 252 Å². The number of fused-ring (bicyclic) bond motifs is 1. The number of thioether (sulfide) groups is 1. The van der Waals surface area contributed by atoms with Crippen molar-refractivity contribution in [1.82, 2.24) is 9.88 Å². The highest BCUT2D eigenvalue weighted by Crippen LogP contribution is 2.39. The van der Waals surface area contributed by atoms with Crippen LogP contribution in [0.2, 0.25) is 0 Å². The summed E-state index contributed by atoms with van der Waals surface area (Å²) >= 11 is 1.19. The van der Waals surface area contributed by atoms with Crippen molar-refractivity contribution in [2.24, 2.45) is 4.99 Å². The number of nitrogens with zero attached hydrogens (tertiary/aromatic N) is 3. The molecule has 0 saturated heterocycles. The number of ether oxygens (including phenoxy) is 2. The summed E-state index contributed by atoms with van der Waals surface area (Å²) in [7, 11) is 3.15. The van der Waals surface area contributed by atoms with Gasteiger partial charge in [0.15, 0.2) is 16.7 Å². The van der Waals surface area contributed by atoms with Gasteiger partial charge >= 0.3 is 12.4 Å². The largest absolute Gasteiger partial charge is 0.493 e. The molecule has 4 aromatic rings. The zero-order valence-electron chi connectivity index (χ0n) is 23.2. The van der Waals surface area contributed by atoms with Crippen molar-refractivity contribution in [3.8, 4) is 11.5 Å². The Balaban J connectivity index is 1.28. The molecule has 0 saturated carbocycles. The number of halogens is 6. The molecule has 1 amide bonds. The molecular formula is C31H23F6N3O3S. The van der Waals surface area contributed by atoms with Gasteiger partial charge in [-0.3, -0.25) is 9.78 Å². The highest BCUT2D eigenvalue weighted by Gasteiger charge is 2.38. The van der Waals surface area contributed by atoms with E-state index in [0.717, 1.165) is 22.5 Å². The minimum Gasteiger partial charge on any atom is -0.493 e. The lowest BCUT2D eigenvalue weighted by atomic mass is 10.0. The summed E-state index contributed by atoms with van der Waals surface area (Å²) in [6.07, 6.45) is -6.62. The number of rotatable bonds is 7. The second-order valence-electron chi connectivity index (χ2n) is 9.76. The summed E-state index contributed by atoms with van der Waals surface area (Å²) in [5, 5.41) is 1.51. The molecule has 0 atom stereocenters. The van der Waals surface area contributed by atoms with Crippen LogP contribution in [0, 0.1) is 0 Å². The van der Waals surface area contributed by atoms with Gasteiger partial charge < -0.3 is 14.4 Å². The fraction of sp³-hybridized carbons (Fsp3) is 0.194. The minimum absolute atomic E-state index is 0.0640. The fourth-order valence-corrected chi connectivity index (χ4v) is 5.34. The Kier molecular flexibility index (Phi) is 8.60. The lowest BCUT2D eigenvalue weighted by Gasteiger charge is -2.18. The first-order valence-corrected chi connectivity index (χ1v) is 13.8. The quantitative estimate of drug-likeness (QED) is 0.152. The van der Waals surface area contributed by atoms with E-state index >= 15 is 0 Å². The molecule has 0 radical (unpaired) electrons. The van der Waals surface area contributed by atoms with E-state index < -0.39 is 41.6 Å². The molecule has 6 nitrogen and oxygen atoms in total. The number of carbonyl (C=O) groups is 1. The van der Waals surface area contributed by atoms with Gasteiger partial charge in [0, 0.05) is 30.7 Å². The van der Waals surface area contributed by atoms with Crippen molar-refractivity contribution in [3.63, 3.8) is 0 Å². The van der Waals surface area contributed by atoms with Gasteiger partial charge in [-0.15, -0.1) is 0 Å².